The van der Waals surface area contributed by atoms with E-state index >= 15 is 0 Å². The second-order valence-electron chi connectivity index (χ2n) is 3.19. The molecule has 0 aliphatic heterocycles. The molecule has 14 heavy (non-hydrogen) atoms. The second kappa shape index (κ2) is 6.27. The summed E-state index contributed by atoms with van der Waals surface area (Å²) in [5.74, 6) is 0.682. The van der Waals surface area contributed by atoms with E-state index in [1.54, 1.807) is 0 Å². The molecule has 1 aliphatic rings. The first-order valence-corrected chi connectivity index (χ1v) is 5.13. The average Bonchev–Trinajstić information content (AvgIpc) is 2.40. The summed E-state index contributed by atoms with van der Waals surface area (Å²) in [5.41, 5.74) is 2.93. The minimum Gasteiger partial charge on any atom is -1.00 e. The van der Waals surface area contributed by atoms with Crippen molar-refractivity contribution in [2.75, 3.05) is 0 Å². The third-order valence-electron chi connectivity index (χ3n) is 2.47. The van der Waals surface area contributed by atoms with Gasteiger partial charge in [-0.3, -0.25) is 0 Å². The van der Waals surface area contributed by atoms with Gasteiger partial charge < -0.3 is 34.0 Å². The van der Waals surface area contributed by atoms with Gasteiger partial charge >= 0.3 is 85.0 Å². The summed E-state index contributed by atoms with van der Waals surface area (Å²) in [4.78, 5) is 0. The molecule has 3 heteroatoms. The molecular formula is C11H11Br2Ti. The number of hydrogen-bond donors (Lipinski definition) is 0. The Morgan fingerprint density at radius 2 is 1.86 bits per heavy atom. The van der Waals surface area contributed by atoms with Gasteiger partial charge in [-0.15, -0.1) is 0 Å². The van der Waals surface area contributed by atoms with Crippen LogP contribution >= 0.6 is 0 Å². The molecule has 0 heterocycles. The molecule has 1 aromatic rings. The molecule has 0 saturated heterocycles. The second-order valence-corrected chi connectivity index (χ2v) is 4.09. The topological polar surface area (TPSA) is 0 Å². The third-order valence-corrected chi connectivity index (χ3v) is 3.24. The molecule has 0 amide bonds. The van der Waals surface area contributed by atoms with Crippen LogP contribution in [0, 0.1) is 0 Å². The van der Waals surface area contributed by atoms with Crippen LogP contribution in [0.4, 0.5) is 0 Å². The Bertz CT molecular complexity index is 334. The van der Waals surface area contributed by atoms with Crippen molar-refractivity contribution in [2.45, 2.75) is 19.3 Å². The molecule has 1 aliphatic carbocycles. The van der Waals surface area contributed by atoms with E-state index in [4.69, 9.17) is 0 Å². The fourth-order valence-corrected chi connectivity index (χ4v) is 2.64. The van der Waals surface area contributed by atoms with E-state index < -0.39 is 0 Å². The van der Waals surface area contributed by atoms with Crippen LogP contribution in [-0.2, 0) is 20.4 Å². The monoisotopic (exact) mass is 349 g/mol. The van der Waals surface area contributed by atoms with Crippen molar-refractivity contribution in [3.05, 3.63) is 39.3 Å². The molecule has 0 fully saturated rings. The van der Waals surface area contributed by atoms with Crippen LogP contribution in [0.25, 0.3) is 6.08 Å². The van der Waals surface area contributed by atoms with Crippen molar-refractivity contribution in [3.8, 4) is 0 Å². The molecule has 0 bridgehead atoms. The van der Waals surface area contributed by atoms with Crippen molar-refractivity contribution in [3.63, 3.8) is 0 Å². The quantitative estimate of drug-likeness (QED) is 0.476. The van der Waals surface area contributed by atoms with Crippen molar-refractivity contribution < 1.29 is 54.4 Å². The Hall–Kier alpha value is 0.634. The maximum absolute atomic E-state index is 2.31. The summed E-state index contributed by atoms with van der Waals surface area (Å²) in [6.45, 7) is 2.25. The van der Waals surface area contributed by atoms with E-state index in [0.29, 0.717) is 5.92 Å². The molecule has 0 radical (unpaired) electrons. The van der Waals surface area contributed by atoms with Crippen LogP contribution in [0.5, 0.6) is 0 Å². The molecule has 2 rings (SSSR count). The predicted octanol–water partition coefficient (Wildman–Crippen LogP) is -2.91. The van der Waals surface area contributed by atoms with Crippen molar-refractivity contribution in [2.24, 2.45) is 0 Å². The number of allylic oxidation sites excluding steroid dienone is 1. The zero-order valence-electron chi connectivity index (χ0n) is 7.93. The van der Waals surface area contributed by atoms with Gasteiger partial charge in [0.15, 0.2) is 0 Å². The van der Waals surface area contributed by atoms with Crippen molar-refractivity contribution in [1.82, 2.24) is 0 Å². The van der Waals surface area contributed by atoms with E-state index in [0.717, 1.165) is 0 Å². The fraction of sp³-hybridized carbons (Fsp3) is 0.273. The average molecular weight is 351 g/mol. The first-order valence-electron chi connectivity index (χ1n) is 4.35. The third kappa shape index (κ3) is 2.60. The maximum Gasteiger partial charge on any atom is -1.00 e. The fourth-order valence-electron chi connectivity index (χ4n) is 1.84. The molecule has 1 aromatic carbocycles. The summed E-state index contributed by atoms with van der Waals surface area (Å²) < 4.78 is 1.51. The number of hydrogen-bond acceptors (Lipinski definition) is 0. The molecule has 0 nitrogen and oxygen atoms in total. The van der Waals surface area contributed by atoms with Crippen LogP contribution in [-0.4, -0.2) is 0 Å². The summed E-state index contributed by atoms with van der Waals surface area (Å²) in [6, 6.07) is 8.69. The minimum atomic E-state index is 0. The van der Waals surface area contributed by atoms with Gasteiger partial charge in [0.25, 0.3) is 0 Å². The predicted molar refractivity (Wildman–Crippen MR) is 47.5 cm³/mol. The van der Waals surface area contributed by atoms with Crippen LogP contribution in [0.15, 0.2) is 28.1 Å². The molecule has 0 N–H and O–H groups in total. The normalized spacial score (nSPS) is 17.6. The first-order chi connectivity index (χ1) is 5.83. The maximum atomic E-state index is 2.31. The van der Waals surface area contributed by atoms with Gasteiger partial charge in [0.2, 0.25) is 0 Å². The van der Waals surface area contributed by atoms with E-state index in [2.05, 4.69) is 57.7 Å². The zero-order chi connectivity index (χ0) is 8.55. The molecule has 0 aromatic heterocycles. The standard InChI is InChI=1S/C11H11.2BrH.Ti/c1-2-9-7-8-10-5-3-4-6-11(9)10;;;/h3-6,8-9H,2H2,1H3;2*1H;/q;;;+2/p-2. The Labute approximate surface area is 118 Å². The van der Waals surface area contributed by atoms with Crippen LogP contribution < -0.4 is 34.0 Å². The van der Waals surface area contributed by atoms with Gasteiger partial charge in [-0.25, -0.2) is 0 Å². The summed E-state index contributed by atoms with van der Waals surface area (Å²) in [7, 11) is 0. The summed E-state index contributed by atoms with van der Waals surface area (Å²) >= 11 is 2.23. The zero-order valence-corrected chi connectivity index (χ0v) is 12.7. The van der Waals surface area contributed by atoms with Gasteiger partial charge in [-0.2, -0.15) is 0 Å². The largest absolute Gasteiger partial charge is 1.00 e. The molecular weight excluding hydrogens is 340 g/mol. The number of halogens is 2. The van der Waals surface area contributed by atoms with Crippen LogP contribution in [0.2, 0.25) is 0 Å². The van der Waals surface area contributed by atoms with Crippen LogP contribution in [0.3, 0.4) is 0 Å². The number of rotatable bonds is 1. The Kier molecular flexibility index (Phi) is 6.55. The molecule has 1 atom stereocenters. The van der Waals surface area contributed by atoms with E-state index in [9.17, 15) is 0 Å². The van der Waals surface area contributed by atoms with E-state index in [-0.39, 0.29) is 34.0 Å². The van der Waals surface area contributed by atoms with E-state index in [1.165, 1.54) is 21.4 Å². The van der Waals surface area contributed by atoms with Crippen molar-refractivity contribution in [1.29, 1.82) is 0 Å². The van der Waals surface area contributed by atoms with Gasteiger partial charge in [0.1, 0.15) is 0 Å². The van der Waals surface area contributed by atoms with Gasteiger partial charge in [-0.05, 0) is 0 Å². The molecule has 1 unspecified atom stereocenters. The van der Waals surface area contributed by atoms with Gasteiger partial charge in [0.05, 0.1) is 0 Å². The number of fused-ring (bicyclic) bond motifs is 1. The van der Waals surface area contributed by atoms with Gasteiger partial charge in [0, 0.05) is 0 Å². The SMILES string of the molecule is CCC1[C]([Ti+2])=Cc2ccccc21.[Br-].[Br-]. The summed E-state index contributed by atoms with van der Waals surface area (Å²) in [5, 5.41) is 0. The Balaban J connectivity index is 0.000000845. The molecule has 73 valence electrons. The number of benzene rings is 1. The Morgan fingerprint density at radius 1 is 1.21 bits per heavy atom. The smallest absolute Gasteiger partial charge is 1.00 e. The molecule has 0 spiro atoms. The Morgan fingerprint density at radius 3 is 2.50 bits per heavy atom. The van der Waals surface area contributed by atoms with Crippen LogP contribution in [0.1, 0.15) is 30.4 Å². The minimum absolute atomic E-state index is 0. The van der Waals surface area contributed by atoms with E-state index in [1.807, 2.05) is 0 Å². The van der Waals surface area contributed by atoms with Crippen molar-refractivity contribution >= 4 is 6.08 Å². The van der Waals surface area contributed by atoms with Gasteiger partial charge in [-0.1, -0.05) is 0 Å². The molecule has 0 saturated carbocycles. The first kappa shape index (κ1) is 14.6. The summed E-state index contributed by atoms with van der Waals surface area (Å²) in [6.07, 6.45) is 3.53.